The largest absolute Gasteiger partial charge is 0.376 e. The van der Waals surface area contributed by atoms with Crippen LogP contribution in [0.25, 0.3) is 0 Å². The van der Waals surface area contributed by atoms with Crippen LogP contribution in [0.1, 0.15) is 53.4 Å². The Balaban J connectivity index is 1.99. The van der Waals surface area contributed by atoms with Crippen molar-refractivity contribution in [1.29, 1.82) is 0 Å². The fourth-order valence-corrected chi connectivity index (χ4v) is 4.30. The van der Waals surface area contributed by atoms with Crippen LogP contribution < -0.4 is 5.32 Å². The molecule has 1 aliphatic heterocycles. The fraction of sp³-hybridized carbons (Fsp3) is 1.00. The normalized spacial score (nSPS) is 38.9. The standard InChI is InChI=1S/C18H36N2O/c1-6-17-12-21-14(4)10-20(17)11-16-9-15(13(2)3)7-8-18(16)19-5/h13-19H,6-12H2,1-5H3. The van der Waals surface area contributed by atoms with Crippen LogP contribution in [-0.2, 0) is 4.74 Å². The maximum atomic E-state index is 5.86. The molecule has 0 aromatic rings. The second-order valence-corrected chi connectivity index (χ2v) is 7.63. The summed E-state index contributed by atoms with van der Waals surface area (Å²) in [4.78, 5) is 2.71. The van der Waals surface area contributed by atoms with Crippen molar-refractivity contribution in [2.45, 2.75) is 71.6 Å². The molecule has 0 spiro atoms. The van der Waals surface area contributed by atoms with Crippen LogP contribution in [0.3, 0.4) is 0 Å². The first-order valence-corrected chi connectivity index (χ1v) is 9.08. The number of ether oxygens (including phenoxy) is 1. The number of morpholine rings is 1. The molecule has 0 bridgehead atoms. The highest BCUT2D eigenvalue weighted by Crippen LogP contribution is 2.35. The zero-order valence-corrected chi connectivity index (χ0v) is 14.8. The molecular formula is C18H36N2O. The maximum Gasteiger partial charge on any atom is 0.0674 e. The summed E-state index contributed by atoms with van der Waals surface area (Å²) in [6.45, 7) is 12.6. The van der Waals surface area contributed by atoms with Gasteiger partial charge in [0.05, 0.1) is 12.7 Å². The molecule has 1 N–H and O–H groups in total. The first kappa shape index (κ1) is 17.2. The Morgan fingerprint density at radius 2 is 2.05 bits per heavy atom. The van der Waals surface area contributed by atoms with E-state index in [1.54, 1.807) is 0 Å². The van der Waals surface area contributed by atoms with E-state index in [2.05, 4.69) is 45.0 Å². The van der Waals surface area contributed by atoms with Crippen LogP contribution >= 0.6 is 0 Å². The van der Waals surface area contributed by atoms with Gasteiger partial charge in [-0.15, -0.1) is 0 Å². The van der Waals surface area contributed by atoms with Gasteiger partial charge in [-0.2, -0.15) is 0 Å². The van der Waals surface area contributed by atoms with Gasteiger partial charge in [-0.1, -0.05) is 20.8 Å². The molecule has 3 nitrogen and oxygen atoms in total. The lowest BCUT2D eigenvalue weighted by Crippen LogP contribution is -2.53. The molecule has 1 saturated heterocycles. The van der Waals surface area contributed by atoms with Crippen LogP contribution in [0, 0.1) is 17.8 Å². The van der Waals surface area contributed by atoms with Crippen molar-refractivity contribution in [3.8, 4) is 0 Å². The minimum absolute atomic E-state index is 0.394. The molecular weight excluding hydrogens is 260 g/mol. The van der Waals surface area contributed by atoms with Crippen LogP contribution in [0.5, 0.6) is 0 Å². The SMILES string of the molecule is CCC1COC(C)CN1CC1CC(C(C)C)CCC1NC. The van der Waals surface area contributed by atoms with E-state index in [9.17, 15) is 0 Å². The summed E-state index contributed by atoms with van der Waals surface area (Å²) in [6.07, 6.45) is 5.74. The van der Waals surface area contributed by atoms with E-state index >= 15 is 0 Å². The van der Waals surface area contributed by atoms with Crippen LogP contribution in [-0.4, -0.2) is 49.8 Å². The number of nitrogens with one attached hydrogen (secondary N) is 1. The molecule has 0 radical (unpaired) electrons. The average Bonchev–Trinajstić information content (AvgIpc) is 2.47. The highest BCUT2D eigenvalue weighted by Gasteiger charge is 2.34. The minimum atomic E-state index is 0.394. The van der Waals surface area contributed by atoms with E-state index in [0.717, 1.165) is 30.9 Å². The number of hydrogen-bond acceptors (Lipinski definition) is 3. The predicted octanol–water partition coefficient (Wildman–Crippen LogP) is 3.15. The highest BCUT2D eigenvalue weighted by molar-refractivity contribution is 4.89. The summed E-state index contributed by atoms with van der Waals surface area (Å²) in [6, 6.07) is 1.33. The van der Waals surface area contributed by atoms with Crippen molar-refractivity contribution in [3.05, 3.63) is 0 Å². The van der Waals surface area contributed by atoms with Gasteiger partial charge >= 0.3 is 0 Å². The van der Waals surface area contributed by atoms with Gasteiger partial charge in [0.1, 0.15) is 0 Å². The van der Waals surface area contributed by atoms with Gasteiger partial charge in [-0.05, 0) is 57.4 Å². The molecule has 0 amide bonds. The molecule has 1 saturated carbocycles. The fourth-order valence-electron chi connectivity index (χ4n) is 4.30. The number of hydrogen-bond donors (Lipinski definition) is 1. The number of rotatable bonds is 5. The zero-order chi connectivity index (χ0) is 15.4. The molecule has 5 atom stereocenters. The Labute approximate surface area is 131 Å². The van der Waals surface area contributed by atoms with Gasteiger partial charge in [0.25, 0.3) is 0 Å². The summed E-state index contributed by atoms with van der Waals surface area (Å²) in [5.41, 5.74) is 0. The van der Waals surface area contributed by atoms with Crippen molar-refractivity contribution >= 4 is 0 Å². The molecule has 3 heteroatoms. The lowest BCUT2D eigenvalue weighted by molar-refractivity contribution is -0.0652. The number of nitrogens with zero attached hydrogens (tertiary/aromatic N) is 1. The van der Waals surface area contributed by atoms with E-state index in [4.69, 9.17) is 4.74 Å². The van der Waals surface area contributed by atoms with Crippen molar-refractivity contribution in [2.24, 2.45) is 17.8 Å². The molecule has 0 aromatic heterocycles. The Morgan fingerprint density at radius 1 is 1.29 bits per heavy atom. The maximum absolute atomic E-state index is 5.86. The van der Waals surface area contributed by atoms with E-state index in [1.165, 1.54) is 32.2 Å². The Morgan fingerprint density at radius 3 is 2.67 bits per heavy atom. The average molecular weight is 296 g/mol. The van der Waals surface area contributed by atoms with E-state index in [-0.39, 0.29) is 0 Å². The monoisotopic (exact) mass is 296 g/mol. The predicted molar refractivity (Wildman–Crippen MR) is 89.6 cm³/mol. The third-order valence-electron chi connectivity index (χ3n) is 5.86. The summed E-state index contributed by atoms with van der Waals surface area (Å²) < 4.78 is 5.86. The highest BCUT2D eigenvalue weighted by atomic mass is 16.5. The molecule has 2 fully saturated rings. The lowest BCUT2D eigenvalue weighted by atomic mass is 9.73. The van der Waals surface area contributed by atoms with Crippen molar-refractivity contribution in [3.63, 3.8) is 0 Å². The minimum Gasteiger partial charge on any atom is -0.376 e. The van der Waals surface area contributed by atoms with Crippen molar-refractivity contribution in [2.75, 3.05) is 26.7 Å². The molecule has 2 rings (SSSR count). The molecule has 21 heavy (non-hydrogen) atoms. The Bertz CT molecular complexity index is 308. The summed E-state index contributed by atoms with van der Waals surface area (Å²) in [5.74, 6) is 2.55. The Hall–Kier alpha value is -0.120. The van der Waals surface area contributed by atoms with Crippen LogP contribution in [0.2, 0.25) is 0 Å². The van der Waals surface area contributed by atoms with Gasteiger partial charge in [0.2, 0.25) is 0 Å². The van der Waals surface area contributed by atoms with Gasteiger partial charge in [-0.3, -0.25) is 4.90 Å². The summed E-state index contributed by atoms with van der Waals surface area (Å²) in [7, 11) is 2.15. The summed E-state index contributed by atoms with van der Waals surface area (Å²) >= 11 is 0. The smallest absolute Gasteiger partial charge is 0.0674 e. The second-order valence-electron chi connectivity index (χ2n) is 7.63. The van der Waals surface area contributed by atoms with Crippen molar-refractivity contribution < 1.29 is 4.74 Å². The zero-order valence-electron chi connectivity index (χ0n) is 14.8. The van der Waals surface area contributed by atoms with Crippen LogP contribution in [0.15, 0.2) is 0 Å². The van der Waals surface area contributed by atoms with Gasteiger partial charge in [0, 0.05) is 25.2 Å². The van der Waals surface area contributed by atoms with Crippen LogP contribution in [0.4, 0.5) is 0 Å². The molecule has 2 aliphatic rings. The first-order valence-electron chi connectivity index (χ1n) is 9.08. The van der Waals surface area contributed by atoms with E-state index in [0.29, 0.717) is 18.2 Å². The molecule has 0 aromatic carbocycles. The lowest BCUT2D eigenvalue weighted by Gasteiger charge is -2.44. The summed E-state index contributed by atoms with van der Waals surface area (Å²) in [5, 5.41) is 3.59. The molecule has 124 valence electrons. The van der Waals surface area contributed by atoms with Crippen molar-refractivity contribution in [1.82, 2.24) is 10.2 Å². The Kier molecular flexibility index (Phi) is 6.51. The topological polar surface area (TPSA) is 24.5 Å². The molecule has 1 aliphatic carbocycles. The second kappa shape index (κ2) is 7.94. The van der Waals surface area contributed by atoms with E-state index < -0.39 is 0 Å². The third kappa shape index (κ3) is 4.43. The van der Waals surface area contributed by atoms with Gasteiger partial charge in [0.15, 0.2) is 0 Å². The third-order valence-corrected chi connectivity index (χ3v) is 5.86. The van der Waals surface area contributed by atoms with E-state index in [1.807, 2.05) is 0 Å². The molecule has 5 unspecified atom stereocenters. The molecule has 1 heterocycles. The van der Waals surface area contributed by atoms with Gasteiger partial charge < -0.3 is 10.1 Å². The first-order chi connectivity index (χ1) is 10.0. The quantitative estimate of drug-likeness (QED) is 0.843. The van der Waals surface area contributed by atoms with Gasteiger partial charge in [-0.25, -0.2) is 0 Å².